The van der Waals surface area contributed by atoms with Crippen LogP contribution >= 0.6 is 12.6 Å². The number of hydrogen-bond acceptors (Lipinski definition) is 3. The molecule has 1 aromatic carbocycles. The van der Waals surface area contributed by atoms with Gasteiger partial charge in [-0.05, 0) is 48.8 Å². The molecular formula is C12H19NOS. The Bertz CT molecular complexity index is 339. The molecule has 0 aliphatic heterocycles. The summed E-state index contributed by atoms with van der Waals surface area (Å²) >= 11 is 4.20. The lowest BCUT2D eigenvalue weighted by Gasteiger charge is -2.16. The molecule has 3 heteroatoms. The van der Waals surface area contributed by atoms with Gasteiger partial charge in [-0.3, -0.25) is 0 Å². The second-order valence-electron chi connectivity index (χ2n) is 3.80. The SMILES string of the molecule is COc1cc(C)c(C(N)CCS)cc1C. The highest BCUT2D eigenvalue weighted by Gasteiger charge is 2.10. The highest BCUT2D eigenvalue weighted by molar-refractivity contribution is 7.80. The van der Waals surface area contributed by atoms with Crippen LogP contribution in [0, 0.1) is 13.8 Å². The minimum Gasteiger partial charge on any atom is -0.496 e. The van der Waals surface area contributed by atoms with Gasteiger partial charge in [0.1, 0.15) is 5.75 Å². The van der Waals surface area contributed by atoms with Crippen molar-refractivity contribution in [2.24, 2.45) is 5.73 Å². The summed E-state index contributed by atoms with van der Waals surface area (Å²) in [6.45, 7) is 4.10. The number of methoxy groups -OCH3 is 1. The standard InChI is InChI=1S/C12H19NOS/c1-8-7-12(14-3)9(2)6-10(8)11(13)4-5-15/h6-7,11,15H,4-5,13H2,1-3H3. The molecule has 1 atom stereocenters. The Morgan fingerprint density at radius 1 is 1.33 bits per heavy atom. The molecule has 0 aromatic heterocycles. The first-order chi connectivity index (χ1) is 7.10. The van der Waals surface area contributed by atoms with E-state index in [2.05, 4.69) is 25.6 Å². The third kappa shape index (κ3) is 2.89. The van der Waals surface area contributed by atoms with Crippen LogP contribution in [0.2, 0.25) is 0 Å². The highest BCUT2D eigenvalue weighted by atomic mass is 32.1. The number of hydrogen-bond donors (Lipinski definition) is 2. The second-order valence-corrected chi connectivity index (χ2v) is 4.24. The lowest BCUT2D eigenvalue weighted by molar-refractivity contribution is 0.411. The van der Waals surface area contributed by atoms with Gasteiger partial charge in [-0.15, -0.1) is 0 Å². The zero-order chi connectivity index (χ0) is 11.4. The molecule has 84 valence electrons. The van der Waals surface area contributed by atoms with Gasteiger partial charge in [0.2, 0.25) is 0 Å². The van der Waals surface area contributed by atoms with Gasteiger partial charge in [0.05, 0.1) is 7.11 Å². The molecule has 1 unspecified atom stereocenters. The summed E-state index contributed by atoms with van der Waals surface area (Å²) in [7, 11) is 1.69. The summed E-state index contributed by atoms with van der Waals surface area (Å²) in [5.41, 5.74) is 9.59. The van der Waals surface area contributed by atoms with Gasteiger partial charge in [-0.1, -0.05) is 6.07 Å². The molecule has 15 heavy (non-hydrogen) atoms. The number of benzene rings is 1. The van der Waals surface area contributed by atoms with E-state index in [1.807, 2.05) is 13.0 Å². The maximum Gasteiger partial charge on any atom is 0.122 e. The minimum atomic E-state index is 0.0760. The van der Waals surface area contributed by atoms with E-state index in [-0.39, 0.29) is 6.04 Å². The molecular weight excluding hydrogens is 206 g/mol. The molecule has 1 rings (SSSR count). The van der Waals surface area contributed by atoms with Crippen molar-refractivity contribution in [2.45, 2.75) is 26.3 Å². The molecule has 1 aromatic rings. The smallest absolute Gasteiger partial charge is 0.122 e. The van der Waals surface area contributed by atoms with Crippen molar-refractivity contribution in [3.8, 4) is 5.75 Å². The zero-order valence-electron chi connectivity index (χ0n) is 9.58. The number of rotatable bonds is 4. The summed E-state index contributed by atoms with van der Waals surface area (Å²) < 4.78 is 5.26. The van der Waals surface area contributed by atoms with Crippen LogP contribution in [-0.2, 0) is 0 Å². The topological polar surface area (TPSA) is 35.2 Å². The lowest BCUT2D eigenvalue weighted by atomic mass is 9.97. The van der Waals surface area contributed by atoms with Crippen LogP contribution < -0.4 is 10.5 Å². The zero-order valence-corrected chi connectivity index (χ0v) is 10.5. The normalized spacial score (nSPS) is 12.6. The average molecular weight is 225 g/mol. The van der Waals surface area contributed by atoms with Crippen LogP contribution in [0.4, 0.5) is 0 Å². The van der Waals surface area contributed by atoms with E-state index in [1.54, 1.807) is 7.11 Å². The first kappa shape index (κ1) is 12.4. The molecule has 0 amide bonds. The van der Waals surface area contributed by atoms with Gasteiger partial charge >= 0.3 is 0 Å². The van der Waals surface area contributed by atoms with E-state index in [0.717, 1.165) is 23.5 Å². The predicted octanol–water partition coefficient (Wildman–Crippen LogP) is 2.63. The van der Waals surface area contributed by atoms with Crippen molar-refractivity contribution in [2.75, 3.05) is 12.9 Å². The predicted molar refractivity (Wildman–Crippen MR) is 67.9 cm³/mol. The van der Waals surface area contributed by atoms with E-state index in [4.69, 9.17) is 10.5 Å². The molecule has 0 aliphatic carbocycles. The highest BCUT2D eigenvalue weighted by Crippen LogP contribution is 2.26. The summed E-state index contributed by atoms with van der Waals surface area (Å²) in [6, 6.07) is 4.23. The molecule has 2 N–H and O–H groups in total. The maximum absolute atomic E-state index is 6.08. The maximum atomic E-state index is 6.08. The second kappa shape index (κ2) is 5.42. The van der Waals surface area contributed by atoms with Gasteiger partial charge < -0.3 is 10.5 Å². The molecule has 0 spiro atoms. The van der Waals surface area contributed by atoms with Crippen LogP contribution in [0.3, 0.4) is 0 Å². The monoisotopic (exact) mass is 225 g/mol. The number of aryl methyl sites for hydroxylation is 2. The van der Waals surface area contributed by atoms with Crippen molar-refractivity contribution >= 4 is 12.6 Å². The van der Waals surface area contributed by atoms with E-state index >= 15 is 0 Å². The fraction of sp³-hybridized carbons (Fsp3) is 0.500. The summed E-state index contributed by atoms with van der Waals surface area (Å²) in [5.74, 6) is 1.74. The Labute approximate surface area is 97.2 Å². The first-order valence-electron chi connectivity index (χ1n) is 5.11. The Morgan fingerprint density at radius 2 is 2.00 bits per heavy atom. The van der Waals surface area contributed by atoms with Gasteiger partial charge in [0.15, 0.2) is 0 Å². The summed E-state index contributed by atoms with van der Waals surface area (Å²) in [6.07, 6.45) is 0.899. The van der Waals surface area contributed by atoms with E-state index in [1.165, 1.54) is 11.1 Å². The Morgan fingerprint density at radius 3 is 2.53 bits per heavy atom. The summed E-state index contributed by atoms with van der Waals surface area (Å²) in [4.78, 5) is 0. The Balaban J connectivity index is 3.04. The van der Waals surface area contributed by atoms with E-state index in [9.17, 15) is 0 Å². The van der Waals surface area contributed by atoms with Crippen LogP contribution in [0.5, 0.6) is 5.75 Å². The fourth-order valence-electron chi connectivity index (χ4n) is 1.73. The molecule has 0 saturated carbocycles. The Kier molecular flexibility index (Phi) is 4.48. The molecule has 0 fully saturated rings. The summed E-state index contributed by atoms with van der Waals surface area (Å²) in [5, 5.41) is 0. The number of ether oxygens (including phenoxy) is 1. The van der Waals surface area contributed by atoms with Crippen molar-refractivity contribution in [1.82, 2.24) is 0 Å². The quantitative estimate of drug-likeness (QED) is 0.773. The van der Waals surface area contributed by atoms with Crippen LogP contribution in [0.1, 0.15) is 29.2 Å². The van der Waals surface area contributed by atoms with E-state index < -0.39 is 0 Å². The lowest BCUT2D eigenvalue weighted by Crippen LogP contribution is -2.12. The van der Waals surface area contributed by atoms with Crippen molar-refractivity contribution in [1.29, 1.82) is 0 Å². The fourth-order valence-corrected chi connectivity index (χ4v) is 2.00. The van der Waals surface area contributed by atoms with E-state index in [0.29, 0.717) is 0 Å². The third-order valence-electron chi connectivity index (χ3n) is 2.62. The molecule has 0 heterocycles. The van der Waals surface area contributed by atoms with Crippen LogP contribution in [0.15, 0.2) is 12.1 Å². The molecule has 2 nitrogen and oxygen atoms in total. The molecule has 0 saturated heterocycles. The van der Waals surface area contributed by atoms with Crippen molar-refractivity contribution in [3.63, 3.8) is 0 Å². The molecule has 0 bridgehead atoms. The Hall–Kier alpha value is -0.670. The van der Waals surface area contributed by atoms with Crippen molar-refractivity contribution < 1.29 is 4.74 Å². The largest absolute Gasteiger partial charge is 0.496 e. The first-order valence-corrected chi connectivity index (χ1v) is 5.75. The molecule has 0 radical (unpaired) electrons. The van der Waals surface area contributed by atoms with Crippen LogP contribution in [0.25, 0.3) is 0 Å². The molecule has 0 aliphatic rings. The van der Waals surface area contributed by atoms with Gasteiger partial charge in [0.25, 0.3) is 0 Å². The van der Waals surface area contributed by atoms with Crippen LogP contribution in [-0.4, -0.2) is 12.9 Å². The number of nitrogens with two attached hydrogens (primary N) is 1. The van der Waals surface area contributed by atoms with Gasteiger partial charge in [-0.25, -0.2) is 0 Å². The minimum absolute atomic E-state index is 0.0760. The van der Waals surface area contributed by atoms with Gasteiger partial charge in [0, 0.05) is 6.04 Å². The number of thiol groups is 1. The third-order valence-corrected chi connectivity index (χ3v) is 2.88. The van der Waals surface area contributed by atoms with Gasteiger partial charge in [-0.2, -0.15) is 12.6 Å². The van der Waals surface area contributed by atoms with Crippen molar-refractivity contribution in [3.05, 3.63) is 28.8 Å². The average Bonchev–Trinajstić information content (AvgIpc) is 2.21.